The molecule has 3 heterocycles. The van der Waals surface area contributed by atoms with E-state index in [4.69, 9.17) is 4.74 Å². The van der Waals surface area contributed by atoms with Gasteiger partial charge < -0.3 is 20.3 Å². The van der Waals surface area contributed by atoms with E-state index in [1.165, 1.54) is 0 Å². The number of nitrogens with zero attached hydrogens (tertiary/aromatic N) is 3. The normalized spacial score (nSPS) is 21.0. The van der Waals surface area contributed by atoms with Gasteiger partial charge in [0.1, 0.15) is 5.60 Å². The second-order valence-electron chi connectivity index (χ2n) is 6.39. The molecule has 2 aliphatic rings. The zero-order valence-electron chi connectivity index (χ0n) is 13.8. The lowest BCUT2D eigenvalue weighted by Gasteiger charge is -2.37. The summed E-state index contributed by atoms with van der Waals surface area (Å²) in [5.74, 6) is 0. The molecule has 8 heteroatoms. The van der Waals surface area contributed by atoms with Crippen LogP contribution in [0.1, 0.15) is 37.1 Å². The van der Waals surface area contributed by atoms with Crippen molar-refractivity contribution >= 4 is 12.1 Å². The molecule has 0 unspecified atom stereocenters. The summed E-state index contributed by atoms with van der Waals surface area (Å²) >= 11 is 0. The van der Waals surface area contributed by atoms with Crippen molar-refractivity contribution in [1.82, 2.24) is 25.3 Å². The lowest BCUT2D eigenvalue weighted by Crippen LogP contribution is -2.51. The zero-order valence-corrected chi connectivity index (χ0v) is 13.8. The van der Waals surface area contributed by atoms with E-state index in [0.29, 0.717) is 32.5 Å². The molecule has 3 amide bonds. The molecular formula is C15H23N5O3. The van der Waals surface area contributed by atoms with Crippen molar-refractivity contribution in [2.45, 2.75) is 38.3 Å². The highest BCUT2D eigenvalue weighted by Crippen LogP contribution is 2.29. The van der Waals surface area contributed by atoms with Crippen LogP contribution in [0, 0.1) is 6.92 Å². The summed E-state index contributed by atoms with van der Waals surface area (Å²) in [5.41, 5.74) is 1.63. The quantitative estimate of drug-likeness (QED) is 0.853. The van der Waals surface area contributed by atoms with Gasteiger partial charge in [0.15, 0.2) is 0 Å². The zero-order chi connectivity index (χ0) is 16.6. The van der Waals surface area contributed by atoms with Crippen molar-refractivity contribution in [3.8, 4) is 0 Å². The summed E-state index contributed by atoms with van der Waals surface area (Å²) < 4.78 is 7.16. The number of ether oxygens (including phenoxy) is 1. The van der Waals surface area contributed by atoms with Gasteiger partial charge in [-0.1, -0.05) is 0 Å². The summed E-state index contributed by atoms with van der Waals surface area (Å²) in [6, 6.07) is -0.189. The Kier molecular flexibility index (Phi) is 3.91. The van der Waals surface area contributed by atoms with Gasteiger partial charge in [0.2, 0.25) is 0 Å². The number of likely N-dealkylation sites (tertiary alicyclic amines) is 1. The van der Waals surface area contributed by atoms with Crippen molar-refractivity contribution in [2.75, 3.05) is 19.6 Å². The summed E-state index contributed by atoms with van der Waals surface area (Å²) in [6.45, 7) is 5.64. The molecule has 1 atom stereocenters. The number of alkyl carbamates (subject to hydrolysis) is 1. The Labute approximate surface area is 135 Å². The van der Waals surface area contributed by atoms with Crippen LogP contribution in [0.4, 0.5) is 9.59 Å². The number of hydrogen-bond donors (Lipinski definition) is 2. The molecule has 1 spiro atoms. The van der Waals surface area contributed by atoms with Crippen LogP contribution in [-0.4, -0.2) is 52.0 Å². The molecule has 0 radical (unpaired) electrons. The average Bonchev–Trinajstić information content (AvgIpc) is 3.04. The minimum Gasteiger partial charge on any atom is -0.441 e. The summed E-state index contributed by atoms with van der Waals surface area (Å²) in [6.07, 6.45) is 2.76. The monoisotopic (exact) mass is 321 g/mol. The van der Waals surface area contributed by atoms with Gasteiger partial charge in [-0.3, -0.25) is 4.68 Å². The molecule has 1 aromatic heterocycles. The first kappa shape index (κ1) is 15.6. The SMILES string of the molecule is Cc1c([C@H](C)NC(=O)N2CCC3(CC2)CNC(=O)O3)cnn1C. The lowest BCUT2D eigenvalue weighted by molar-refractivity contribution is 0.00959. The van der Waals surface area contributed by atoms with E-state index in [9.17, 15) is 9.59 Å². The number of carbonyl (C=O) groups is 2. The molecule has 0 saturated carbocycles. The lowest BCUT2D eigenvalue weighted by atomic mass is 9.92. The number of carbonyl (C=O) groups excluding carboxylic acids is 2. The minimum atomic E-state index is -0.431. The maximum Gasteiger partial charge on any atom is 0.407 e. The number of aromatic nitrogens is 2. The molecular weight excluding hydrogens is 298 g/mol. The standard InChI is InChI=1S/C15H23N5O3/c1-10(12-8-17-19(3)11(12)2)18-13(21)20-6-4-15(5-7-20)9-16-14(22)23-15/h8,10H,4-7,9H2,1-3H3,(H,16,22)(H,18,21)/t10-/m0/s1. The fraction of sp³-hybridized carbons (Fsp3) is 0.667. The van der Waals surface area contributed by atoms with Crippen molar-refractivity contribution in [3.05, 3.63) is 17.5 Å². The van der Waals surface area contributed by atoms with Gasteiger partial charge in [-0.2, -0.15) is 5.10 Å². The Morgan fingerprint density at radius 2 is 2.17 bits per heavy atom. The first-order valence-electron chi connectivity index (χ1n) is 7.91. The van der Waals surface area contributed by atoms with E-state index >= 15 is 0 Å². The van der Waals surface area contributed by atoms with Crippen LogP contribution in [0.25, 0.3) is 0 Å². The number of amides is 3. The maximum atomic E-state index is 12.4. The number of nitrogens with one attached hydrogen (secondary N) is 2. The molecule has 3 rings (SSSR count). The Balaban J connectivity index is 1.55. The Hall–Kier alpha value is -2.25. The Morgan fingerprint density at radius 1 is 1.48 bits per heavy atom. The van der Waals surface area contributed by atoms with Crippen molar-refractivity contribution in [3.63, 3.8) is 0 Å². The fourth-order valence-electron chi connectivity index (χ4n) is 3.19. The number of piperidine rings is 1. The highest BCUT2D eigenvalue weighted by Gasteiger charge is 2.43. The topological polar surface area (TPSA) is 88.5 Å². The van der Waals surface area contributed by atoms with Gasteiger partial charge >= 0.3 is 12.1 Å². The van der Waals surface area contributed by atoms with E-state index in [0.717, 1.165) is 11.3 Å². The molecule has 2 fully saturated rings. The molecule has 0 aliphatic carbocycles. The molecule has 23 heavy (non-hydrogen) atoms. The third kappa shape index (κ3) is 2.97. The summed E-state index contributed by atoms with van der Waals surface area (Å²) in [7, 11) is 1.88. The van der Waals surface area contributed by atoms with E-state index in [1.807, 2.05) is 20.9 Å². The largest absolute Gasteiger partial charge is 0.441 e. The van der Waals surface area contributed by atoms with E-state index in [2.05, 4.69) is 15.7 Å². The van der Waals surface area contributed by atoms with E-state index < -0.39 is 5.60 Å². The van der Waals surface area contributed by atoms with Gasteiger partial charge in [-0.05, 0) is 13.8 Å². The van der Waals surface area contributed by atoms with Crippen molar-refractivity contribution < 1.29 is 14.3 Å². The summed E-state index contributed by atoms with van der Waals surface area (Å²) in [5, 5.41) is 9.92. The van der Waals surface area contributed by atoms with Crippen LogP contribution in [0.3, 0.4) is 0 Å². The smallest absolute Gasteiger partial charge is 0.407 e. The van der Waals surface area contributed by atoms with Gasteiger partial charge in [0.25, 0.3) is 0 Å². The fourth-order valence-corrected chi connectivity index (χ4v) is 3.19. The molecule has 2 aliphatic heterocycles. The molecule has 2 N–H and O–H groups in total. The van der Waals surface area contributed by atoms with E-state index in [-0.39, 0.29) is 18.2 Å². The predicted molar refractivity (Wildman–Crippen MR) is 82.9 cm³/mol. The third-order valence-corrected chi connectivity index (χ3v) is 4.91. The van der Waals surface area contributed by atoms with Crippen LogP contribution < -0.4 is 10.6 Å². The highest BCUT2D eigenvalue weighted by atomic mass is 16.6. The number of urea groups is 1. The number of rotatable bonds is 2. The molecule has 0 bridgehead atoms. The Morgan fingerprint density at radius 3 is 2.70 bits per heavy atom. The maximum absolute atomic E-state index is 12.4. The Bertz CT molecular complexity index is 619. The van der Waals surface area contributed by atoms with Crippen molar-refractivity contribution in [1.29, 1.82) is 0 Å². The number of hydrogen-bond acceptors (Lipinski definition) is 4. The minimum absolute atomic E-state index is 0.0899. The molecule has 8 nitrogen and oxygen atoms in total. The van der Waals surface area contributed by atoms with Crippen LogP contribution in [0.15, 0.2) is 6.20 Å². The predicted octanol–water partition coefficient (Wildman–Crippen LogP) is 1.07. The van der Waals surface area contributed by atoms with Gasteiger partial charge in [0, 0.05) is 44.2 Å². The van der Waals surface area contributed by atoms with E-state index in [1.54, 1.807) is 15.8 Å². The molecule has 0 aromatic carbocycles. The molecule has 1 aromatic rings. The van der Waals surface area contributed by atoms with Gasteiger partial charge in [-0.25, -0.2) is 9.59 Å². The first-order chi connectivity index (χ1) is 10.9. The van der Waals surface area contributed by atoms with Gasteiger partial charge in [-0.15, -0.1) is 0 Å². The second kappa shape index (κ2) is 5.75. The van der Waals surface area contributed by atoms with Crippen LogP contribution in [-0.2, 0) is 11.8 Å². The highest BCUT2D eigenvalue weighted by molar-refractivity contribution is 5.75. The second-order valence-corrected chi connectivity index (χ2v) is 6.39. The molecule has 2 saturated heterocycles. The number of aryl methyl sites for hydroxylation is 1. The third-order valence-electron chi connectivity index (χ3n) is 4.91. The first-order valence-corrected chi connectivity index (χ1v) is 7.91. The van der Waals surface area contributed by atoms with Crippen LogP contribution in [0.5, 0.6) is 0 Å². The average molecular weight is 321 g/mol. The molecule has 126 valence electrons. The van der Waals surface area contributed by atoms with Crippen LogP contribution in [0.2, 0.25) is 0 Å². The van der Waals surface area contributed by atoms with Gasteiger partial charge in [0.05, 0.1) is 18.8 Å². The summed E-state index contributed by atoms with van der Waals surface area (Å²) in [4.78, 5) is 25.4. The van der Waals surface area contributed by atoms with Crippen molar-refractivity contribution in [2.24, 2.45) is 7.05 Å². The van der Waals surface area contributed by atoms with Crippen LogP contribution >= 0.6 is 0 Å².